The van der Waals surface area contributed by atoms with Gasteiger partial charge in [0.25, 0.3) is 11.1 Å². The minimum atomic E-state index is -0.618. The van der Waals surface area contributed by atoms with Crippen molar-refractivity contribution in [2.45, 2.75) is 46.8 Å². The van der Waals surface area contributed by atoms with Crippen molar-refractivity contribution in [3.63, 3.8) is 0 Å². The summed E-state index contributed by atoms with van der Waals surface area (Å²) in [6, 6.07) is 5.30. The summed E-state index contributed by atoms with van der Waals surface area (Å²) in [7, 11) is 0. The highest BCUT2D eigenvalue weighted by atomic mass is 32.2. The fourth-order valence-electron chi connectivity index (χ4n) is 2.45. The smallest absolute Gasteiger partial charge is 0.326 e. The van der Waals surface area contributed by atoms with Crippen LogP contribution in [0.4, 0.5) is 4.79 Å². The molecule has 0 spiro atoms. The van der Waals surface area contributed by atoms with Gasteiger partial charge in [-0.2, -0.15) is 0 Å². The van der Waals surface area contributed by atoms with Crippen LogP contribution in [0.15, 0.2) is 23.1 Å². The second kappa shape index (κ2) is 9.64. The molecular formula is C20H25NO6S. The maximum atomic E-state index is 12.5. The lowest BCUT2D eigenvalue weighted by atomic mass is 10.2. The van der Waals surface area contributed by atoms with Crippen LogP contribution in [0.3, 0.4) is 0 Å². The van der Waals surface area contributed by atoms with E-state index in [-0.39, 0.29) is 17.1 Å². The van der Waals surface area contributed by atoms with Gasteiger partial charge in [-0.3, -0.25) is 19.3 Å². The molecule has 1 heterocycles. The highest BCUT2D eigenvalue weighted by molar-refractivity contribution is 8.18. The number of carbonyl (C=O) groups is 3. The van der Waals surface area contributed by atoms with E-state index in [2.05, 4.69) is 0 Å². The van der Waals surface area contributed by atoms with Gasteiger partial charge in [-0.15, -0.1) is 0 Å². The molecule has 152 valence electrons. The van der Waals surface area contributed by atoms with Crippen molar-refractivity contribution in [3.05, 3.63) is 28.7 Å². The Kier molecular flexibility index (Phi) is 7.51. The number of hydrogen-bond acceptors (Lipinski definition) is 7. The molecule has 0 aromatic heterocycles. The van der Waals surface area contributed by atoms with Crippen LogP contribution in [0, 0.1) is 0 Å². The Balaban J connectivity index is 2.20. The molecule has 0 saturated carbocycles. The van der Waals surface area contributed by atoms with Gasteiger partial charge in [0.15, 0.2) is 11.5 Å². The Morgan fingerprint density at radius 3 is 2.46 bits per heavy atom. The number of esters is 1. The van der Waals surface area contributed by atoms with Gasteiger partial charge in [0, 0.05) is 0 Å². The molecule has 7 nitrogen and oxygen atoms in total. The number of rotatable bonds is 8. The van der Waals surface area contributed by atoms with Gasteiger partial charge in [-0.05, 0) is 70.2 Å². The number of thioether (sulfide) groups is 1. The molecule has 0 radical (unpaired) electrons. The lowest BCUT2D eigenvalue weighted by molar-refractivity contribution is -0.149. The third kappa shape index (κ3) is 5.76. The first-order chi connectivity index (χ1) is 13.2. The summed E-state index contributed by atoms with van der Waals surface area (Å²) in [5.74, 6) is 0.0340. The molecule has 1 aliphatic heterocycles. The summed E-state index contributed by atoms with van der Waals surface area (Å²) >= 11 is 0.790. The zero-order valence-electron chi connectivity index (χ0n) is 16.7. The average Bonchev–Trinajstić information content (AvgIpc) is 2.84. The Morgan fingerprint density at radius 2 is 1.86 bits per heavy atom. The molecule has 8 heteroatoms. The van der Waals surface area contributed by atoms with E-state index in [0.29, 0.717) is 23.7 Å². The third-order valence-electron chi connectivity index (χ3n) is 3.46. The van der Waals surface area contributed by atoms with E-state index in [1.165, 1.54) is 0 Å². The summed E-state index contributed by atoms with van der Waals surface area (Å²) < 4.78 is 16.3. The summed E-state index contributed by atoms with van der Waals surface area (Å²) in [4.78, 5) is 37.6. The average molecular weight is 407 g/mol. The van der Waals surface area contributed by atoms with Crippen LogP contribution in [0.2, 0.25) is 0 Å². The highest BCUT2D eigenvalue weighted by Crippen LogP contribution is 2.35. The molecule has 1 aliphatic rings. The zero-order chi connectivity index (χ0) is 20.8. The van der Waals surface area contributed by atoms with Crippen molar-refractivity contribution in [1.29, 1.82) is 0 Å². The Hall–Kier alpha value is -2.48. The van der Waals surface area contributed by atoms with Crippen LogP contribution in [0.1, 0.15) is 40.2 Å². The van der Waals surface area contributed by atoms with Crippen LogP contribution in [-0.4, -0.2) is 47.4 Å². The van der Waals surface area contributed by atoms with E-state index in [4.69, 9.17) is 14.2 Å². The van der Waals surface area contributed by atoms with Crippen LogP contribution in [0.5, 0.6) is 11.5 Å². The summed E-state index contributed by atoms with van der Waals surface area (Å²) in [5, 5.41) is -0.498. The van der Waals surface area contributed by atoms with E-state index in [1.54, 1.807) is 38.1 Å². The second-order valence-corrected chi connectivity index (χ2v) is 7.61. The SMILES string of the molecule is CCOc1cc(/C=C2/SC(=O)N(CC(=O)OC(C)C)C2=O)ccc1OC(C)C. The second-order valence-electron chi connectivity index (χ2n) is 6.61. The van der Waals surface area contributed by atoms with Crippen LogP contribution in [0.25, 0.3) is 6.08 Å². The van der Waals surface area contributed by atoms with Crippen LogP contribution >= 0.6 is 11.8 Å². The first-order valence-corrected chi connectivity index (χ1v) is 9.91. The molecule has 1 fully saturated rings. The summed E-state index contributed by atoms with van der Waals surface area (Å²) in [6.45, 7) is 9.18. The van der Waals surface area contributed by atoms with E-state index < -0.39 is 23.7 Å². The van der Waals surface area contributed by atoms with Crippen molar-refractivity contribution in [1.82, 2.24) is 4.90 Å². The fourth-order valence-corrected chi connectivity index (χ4v) is 3.29. The van der Waals surface area contributed by atoms with Crippen LogP contribution in [-0.2, 0) is 14.3 Å². The molecule has 0 unspecified atom stereocenters. The lowest BCUT2D eigenvalue weighted by Gasteiger charge is -2.15. The molecule has 0 N–H and O–H groups in total. The number of nitrogens with zero attached hydrogens (tertiary/aromatic N) is 1. The molecule has 0 aliphatic carbocycles. The van der Waals surface area contributed by atoms with Gasteiger partial charge < -0.3 is 14.2 Å². The standard InChI is InChI=1S/C20H25NO6S/c1-6-25-16-9-14(7-8-15(16)26-12(2)3)10-17-19(23)21(20(24)28-17)11-18(22)27-13(4)5/h7-10,12-13H,6,11H2,1-5H3/b17-10+. The lowest BCUT2D eigenvalue weighted by Crippen LogP contribution is -2.35. The van der Waals surface area contributed by atoms with Crippen molar-refractivity contribution in [2.24, 2.45) is 0 Å². The predicted molar refractivity (Wildman–Crippen MR) is 107 cm³/mol. The normalized spacial score (nSPS) is 15.7. The number of ether oxygens (including phenoxy) is 3. The van der Waals surface area contributed by atoms with Gasteiger partial charge in [0.1, 0.15) is 6.54 Å². The van der Waals surface area contributed by atoms with Crippen LogP contribution < -0.4 is 9.47 Å². The highest BCUT2D eigenvalue weighted by Gasteiger charge is 2.36. The first kappa shape index (κ1) is 21.8. The quantitative estimate of drug-likeness (QED) is 0.478. The van der Waals surface area contributed by atoms with E-state index >= 15 is 0 Å². The number of amides is 2. The van der Waals surface area contributed by atoms with E-state index in [0.717, 1.165) is 16.7 Å². The molecule has 0 bridgehead atoms. The Bertz CT molecular complexity index is 787. The largest absolute Gasteiger partial charge is 0.490 e. The first-order valence-electron chi connectivity index (χ1n) is 9.09. The molecule has 1 aromatic rings. The van der Waals surface area contributed by atoms with Gasteiger partial charge in [0.05, 0.1) is 23.7 Å². The Labute approximate surface area is 169 Å². The number of imide groups is 1. The minimum Gasteiger partial charge on any atom is -0.490 e. The van der Waals surface area contributed by atoms with Crippen molar-refractivity contribution in [2.75, 3.05) is 13.2 Å². The maximum Gasteiger partial charge on any atom is 0.326 e. The number of benzene rings is 1. The van der Waals surface area contributed by atoms with Crippen molar-refractivity contribution < 1.29 is 28.6 Å². The summed E-state index contributed by atoms with van der Waals surface area (Å²) in [6.07, 6.45) is 1.28. The van der Waals surface area contributed by atoms with Gasteiger partial charge in [-0.25, -0.2) is 0 Å². The molecular weight excluding hydrogens is 382 g/mol. The molecule has 1 aromatic carbocycles. The molecule has 1 saturated heterocycles. The zero-order valence-corrected chi connectivity index (χ0v) is 17.5. The van der Waals surface area contributed by atoms with Crippen molar-refractivity contribution in [3.8, 4) is 11.5 Å². The molecule has 2 rings (SSSR count). The topological polar surface area (TPSA) is 82.1 Å². The van der Waals surface area contributed by atoms with E-state index in [1.807, 2.05) is 20.8 Å². The van der Waals surface area contributed by atoms with Gasteiger partial charge in [0.2, 0.25) is 0 Å². The fraction of sp³-hybridized carbons (Fsp3) is 0.450. The summed E-state index contributed by atoms with van der Waals surface area (Å²) in [5.41, 5.74) is 0.690. The molecule has 0 atom stereocenters. The number of hydrogen-bond donors (Lipinski definition) is 0. The monoisotopic (exact) mass is 407 g/mol. The van der Waals surface area contributed by atoms with E-state index in [9.17, 15) is 14.4 Å². The minimum absolute atomic E-state index is 0.00727. The third-order valence-corrected chi connectivity index (χ3v) is 4.36. The van der Waals surface area contributed by atoms with Crippen molar-refractivity contribution >= 4 is 35.0 Å². The van der Waals surface area contributed by atoms with Gasteiger partial charge >= 0.3 is 5.97 Å². The number of carbonyl (C=O) groups excluding carboxylic acids is 3. The predicted octanol–water partition coefficient (Wildman–Crippen LogP) is 3.86. The molecule has 28 heavy (non-hydrogen) atoms. The Morgan fingerprint density at radius 1 is 1.14 bits per heavy atom. The van der Waals surface area contributed by atoms with Gasteiger partial charge in [-0.1, -0.05) is 6.07 Å². The maximum absolute atomic E-state index is 12.5. The molecule has 2 amide bonds.